The van der Waals surface area contributed by atoms with Gasteiger partial charge >= 0.3 is 0 Å². The van der Waals surface area contributed by atoms with Crippen molar-refractivity contribution in [1.82, 2.24) is 15.2 Å². The Hall–Kier alpha value is -1.89. The van der Waals surface area contributed by atoms with Crippen LogP contribution in [0.25, 0.3) is 0 Å². The van der Waals surface area contributed by atoms with Crippen LogP contribution in [-0.2, 0) is 23.0 Å². The van der Waals surface area contributed by atoms with Crippen LogP contribution in [0.3, 0.4) is 0 Å². The van der Waals surface area contributed by atoms with Gasteiger partial charge < -0.3 is 9.47 Å². The topological polar surface area (TPSA) is 77.1 Å². The first-order valence-corrected chi connectivity index (χ1v) is 8.26. The first-order chi connectivity index (χ1) is 10.3. The number of hydrogen-bond donors (Lipinski definition) is 1. The third-order valence-electron chi connectivity index (χ3n) is 3.14. The lowest BCUT2D eigenvalue weighted by Crippen LogP contribution is -2.00. The van der Waals surface area contributed by atoms with Gasteiger partial charge in [0.05, 0.1) is 29.8 Å². The molecule has 0 amide bonds. The van der Waals surface area contributed by atoms with E-state index in [0.29, 0.717) is 41.2 Å². The van der Waals surface area contributed by atoms with Crippen molar-refractivity contribution < 1.29 is 13.7 Å². The summed E-state index contributed by atoms with van der Waals surface area (Å²) in [6.45, 7) is 3.24. The van der Waals surface area contributed by atoms with E-state index in [1.54, 1.807) is 12.1 Å². The average Bonchev–Trinajstić information content (AvgIpc) is 2.82. The van der Waals surface area contributed by atoms with Crippen LogP contribution >= 0.6 is 0 Å². The quantitative estimate of drug-likeness (QED) is 0.932. The zero-order valence-corrected chi connectivity index (χ0v) is 12.6. The largest absolute Gasteiger partial charge is 0.490 e. The molecule has 0 saturated heterocycles. The van der Waals surface area contributed by atoms with Crippen LogP contribution in [0.4, 0.5) is 0 Å². The second-order valence-electron chi connectivity index (χ2n) is 4.70. The number of fused-ring (bicyclic) bond motifs is 1. The molecular formula is C14H17N3O3S. The highest BCUT2D eigenvalue weighted by Crippen LogP contribution is 2.31. The molecule has 1 aliphatic rings. The van der Waals surface area contributed by atoms with E-state index < -0.39 is 10.8 Å². The van der Waals surface area contributed by atoms with Gasteiger partial charge in [-0.15, -0.1) is 0 Å². The SMILES string of the molecule is CCc1n[nH]c(C[S@](=O)c2ccc3c(c2)OCCCO3)n1. The standard InChI is InChI=1S/C14H17N3O3S/c1-2-13-15-14(17-16-13)9-21(18)10-4-5-11-12(8-10)20-7-3-6-19-11/h4-5,8H,2-3,6-7,9H2,1H3,(H,15,16,17)/t21-/m0/s1. The number of aromatic amines is 1. The number of aromatic nitrogens is 3. The van der Waals surface area contributed by atoms with Crippen LogP contribution in [0.2, 0.25) is 0 Å². The molecule has 21 heavy (non-hydrogen) atoms. The van der Waals surface area contributed by atoms with E-state index in [4.69, 9.17) is 9.47 Å². The van der Waals surface area contributed by atoms with Crippen molar-refractivity contribution in [1.29, 1.82) is 0 Å². The van der Waals surface area contributed by atoms with E-state index in [1.807, 2.05) is 13.0 Å². The highest BCUT2D eigenvalue weighted by Gasteiger charge is 2.14. The molecule has 1 aromatic carbocycles. The van der Waals surface area contributed by atoms with Crippen LogP contribution in [-0.4, -0.2) is 32.6 Å². The lowest BCUT2D eigenvalue weighted by Gasteiger charge is -2.08. The summed E-state index contributed by atoms with van der Waals surface area (Å²) < 4.78 is 23.6. The Morgan fingerprint density at radius 1 is 1.29 bits per heavy atom. The highest BCUT2D eigenvalue weighted by atomic mass is 32.2. The number of rotatable bonds is 4. The van der Waals surface area contributed by atoms with Crippen molar-refractivity contribution in [2.24, 2.45) is 0 Å². The van der Waals surface area contributed by atoms with Crippen LogP contribution < -0.4 is 9.47 Å². The first-order valence-electron chi connectivity index (χ1n) is 6.94. The zero-order chi connectivity index (χ0) is 14.7. The maximum Gasteiger partial charge on any atom is 0.162 e. The number of nitrogens with one attached hydrogen (secondary N) is 1. The van der Waals surface area contributed by atoms with Gasteiger partial charge in [-0.2, -0.15) is 5.10 Å². The summed E-state index contributed by atoms with van der Waals surface area (Å²) in [5.41, 5.74) is 0. The van der Waals surface area contributed by atoms with Crippen LogP contribution in [0, 0.1) is 0 Å². The summed E-state index contributed by atoms with van der Waals surface area (Å²) in [4.78, 5) is 4.98. The number of aryl methyl sites for hydroxylation is 1. The van der Waals surface area contributed by atoms with Crippen molar-refractivity contribution >= 4 is 10.8 Å². The molecule has 112 valence electrons. The molecule has 2 aromatic rings. The summed E-state index contributed by atoms with van der Waals surface area (Å²) in [7, 11) is -1.20. The molecule has 7 heteroatoms. The van der Waals surface area contributed by atoms with Crippen LogP contribution in [0.1, 0.15) is 25.0 Å². The van der Waals surface area contributed by atoms with Gasteiger partial charge in [0.1, 0.15) is 11.6 Å². The van der Waals surface area contributed by atoms with E-state index in [0.717, 1.165) is 18.7 Å². The Morgan fingerprint density at radius 2 is 2.10 bits per heavy atom. The van der Waals surface area contributed by atoms with Crippen LogP contribution in [0.5, 0.6) is 11.5 Å². The van der Waals surface area contributed by atoms with Crippen molar-refractivity contribution in [2.75, 3.05) is 13.2 Å². The smallest absolute Gasteiger partial charge is 0.162 e. The van der Waals surface area contributed by atoms with Gasteiger partial charge in [0.25, 0.3) is 0 Å². The number of nitrogens with zero attached hydrogens (tertiary/aromatic N) is 2. The molecule has 0 unspecified atom stereocenters. The minimum atomic E-state index is -1.20. The fraction of sp³-hybridized carbons (Fsp3) is 0.429. The molecule has 0 radical (unpaired) electrons. The molecule has 1 aliphatic heterocycles. The number of H-pyrrole nitrogens is 1. The van der Waals surface area contributed by atoms with Gasteiger partial charge in [-0.1, -0.05) is 6.92 Å². The Labute approximate surface area is 125 Å². The summed E-state index contributed by atoms with van der Waals surface area (Å²) in [6, 6.07) is 5.40. The predicted octanol–water partition coefficient (Wildman–Crippen LogP) is 1.84. The van der Waals surface area contributed by atoms with Crippen molar-refractivity contribution in [3.8, 4) is 11.5 Å². The minimum absolute atomic E-state index is 0.312. The maximum atomic E-state index is 12.4. The molecule has 1 N–H and O–H groups in total. The summed E-state index contributed by atoms with van der Waals surface area (Å²) in [5.74, 6) is 3.05. The molecule has 1 atom stereocenters. The lowest BCUT2D eigenvalue weighted by atomic mass is 10.3. The van der Waals surface area contributed by atoms with E-state index in [-0.39, 0.29) is 0 Å². The molecule has 0 spiro atoms. The van der Waals surface area contributed by atoms with Crippen LogP contribution in [0.15, 0.2) is 23.1 Å². The van der Waals surface area contributed by atoms with E-state index in [1.165, 1.54) is 0 Å². The van der Waals surface area contributed by atoms with Gasteiger partial charge in [0.15, 0.2) is 11.5 Å². The number of ether oxygens (including phenoxy) is 2. The van der Waals surface area contributed by atoms with Gasteiger partial charge in [0.2, 0.25) is 0 Å². The average molecular weight is 307 g/mol. The van der Waals surface area contributed by atoms with E-state index in [2.05, 4.69) is 15.2 Å². The van der Waals surface area contributed by atoms with Gasteiger partial charge in [-0.05, 0) is 12.1 Å². The number of benzene rings is 1. The molecular weight excluding hydrogens is 290 g/mol. The normalized spacial score (nSPS) is 15.5. The molecule has 3 rings (SSSR count). The molecule has 0 saturated carbocycles. The third-order valence-corrected chi connectivity index (χ3v) is 4.46. The lowest BCUT2D eigenvalue weighted by molar-refractivity contribution is 0.297. The minimum Gasteiger partial charge on any atom is -0.490 e. The monoisotopic (exact) mass is 307 g/mol. The van der Waals surface area contributed by atoms with Gasteiger partial charge in [0, 0.05) is 23.8 Å². The van der Waals surface area contributed by atoms with E-state index >= 15 is 0 Å². The van der Waals surface area contributed by atoms with Crippen molar-refractivity contribution in [2.45, 2.75) is 30.4 Å². The second-order valence-corrected chi connectivity index (χ2v) is 6.15. The Morgan fingerprint density at radius 3 is 2.86 bits per heavy atom. The van der Waals surface area contributed by atoms with Gasteiger partial charge in [-0.3, -0.25) is 9.31 Å². The molecule has 2 heterocycles. The Kier molecular flexibility index (Phi) is 4.19. The molecule has 6 nitrogen and oxygen atoms in total. The summed E-state index contributed by atoms with van der Waals surface area (Å²) in [5, 5.41) is 6.87. The maximum absolute atomic E-state index is 12.4. The van der Waals surface area contributed by atoms with Crippen molar-refractivity contribution in [3.05, 3.63) is 29.8 Å². The molecule has 0 bridgehead atoms. The Balaban J connectivity index is 1.76. The third kappa shape index (κ3) is 3.24. The second kappa shape index (κ2) is 6.26. The summed E-state index contributed by atoms with van der Waals surface area (Å²) >= 11 is 0. The summed E-state index contributed by atoms with van der Waals surface area (Å²) in [6.07, 6.45) is 1.61. The predicted molar refractivity (Wildman–Crippen MR) is 77.9 cm³/mol. The Bertz CT molecular complexity index is 657. The van der Waals surface area contributed by atoms with E-state index in [9.17, 15) is 4.21 Å². The zero-order valence-electron chi connectivity index (χ0n) is 11.8. The van der Waals surface area contributed by atoms with Gasteiger partial charge in [-0.25, -0.2) is 4.98 Å². The fourth-order valence-electron chi connectivity index (χ4n) is 2.05. The number of hydrogen-bond acceptors (Lipinski definition) is 5. The fourth-order valence-corrected chi connectivity index (χ4v) is 3.05. The highest BCUT2D eigenvalue weighted by molar-refractivity contribution is 7.84. The first kappa shape index (κ1) is 14.1. The molecule has 1 aromatic heterocycles. The molecule has 0 fully saturated rings. The van der Waals surface area contributed by atoms with Crippen molar-refractivity contribution in [3.63, 3.8) is 0 Å². The molecule has 0 aliphatic carbocycles.